The Morgan fingerprint density at radius 2 is 1.68 bits per heavy atom. The summed E-state index contributed by atoms with van der Waals surface area (Å²) in [5.74, 6) is 1.05. The van der Waals surface area contributed by atoms with Gasteiger partial charge in [0.2, 0.25) is 0 Å². The largest absolute Gasteiger partial charge is 0.365 e. The lowest BCUT2D eigenvalue weighted by Gasteiger charge is -2.41. The Kier molecular flexibility index (Phi) is 3.23. The van der Waals surface area contributed by atoms with Gasteiger partial charge in [0.15, 0.2) is 5.72 Å². The molecule has 0 bridgehead atoms. The monoisotopic (exact) mass is 292 g/mol. The van der Waals surface area contributed by atoms with Gasteiger partial charge in [-0.2, -0.15) is 0 Å². The van der Waals surface area contributed by atoms with Gasteiger partial charge in [0.25, 0.3) is 0 Å². The smallest absolute Gasteiger partial charge is 0.186 e. The van der Waals surface area contributed by atoms with Crippen LogP contribution in [0.3, 0.4) is 0 Å². The number of hydrogen-bond acceptors (Lipinski definition) is 3. The van der Waals surface area contributed by atoms with Crippen LogP contribution in [0.25, 0.3) is 0 Å². The first-order valence-corrected chi connectivity index (χ1v) is 7.94. The van der Waals surface area contributed by atoms with E-state index in [1.54, 1.807) is 0 Å². The molecule has 2 aliphatic heterocycles. The minimum absolute atomic E-state index is 0.196. The van der Waals surface area contributed by atoms with E-state index in [9.17, 15) is 5.11 Å². The van der Waals surface area contributed by atoms with Crippen molar-refractivity contribution >= 4 is 5.84 Å². The van der Waals surface area contributed by atoms with E-state index in [1.165, 1.54) is 5.56 Å². The number of amidine groups is 1. The van der Waals surface area contributed by atoms with Gasteiger partial charge in [0, 0.05) is 24.9 Å². The van der Waals surface area contributed by atoms with Crippen LogP contribution in [0, 0.1) is 0 Å². The lowest BCUT2D eigenvalue weighted by Crippen LogP contribution is -2.42. The molecular formula is C19H20N2O. The molecule has 0 saturated carbocycles. The maximum Gasteiger partial charge on any atom is 0.186 e. The van der Waals surface area contributed by atoms with E-state index in [2.05, 4.69) is 29.2 Å². The molecule has 112 valence electrons. The minimum atomic E-state index is -1.11. The van der Waals surface area contributed by atoms with Crippen LogP contribution in [0.4, 0.5) is 0 Å². The number of fused-ring (bicyclic) bond motifs is 1. The van der Waals surface area contributed by atoms with Crippen molar-refractivity contribution in [1.29, 1.82) is 0 Å². The van der Waals surface area contributed by atoms with Crippen LogP contribution < -0.4 is 0 Å². The lowest BCUT2D eigenvalue weighted by molar-refractivity contribution is 0.00290. The summed E-state index contributed by atoms with van der Waals surface area (Å²) in [4.78, 5) is 7.09. The summed E-state index contributed by atoms with van der Waals surface area (Å²) in [6, 6.07) is 20.5. The van der Waals surface area contributed by atoms with Crippen molar-refractivity contribution in [3.63, 3.8) is 0 Å². The van der Waals surface area contributed by atoms with Gasteiger partial charge in [-0.3, -0.25) is 0 Å². The number of aliphatic imine (C=N–C) groups is 1. The topological polar surface area (TPSA) is 35.8 Å². The molecule has 0 spiro atoms. The van der Waals surface area contributed by atoms with Crippen LogP contribution >= 0.6 is 0 Å². The Labute approximate surface area is 130 Å². The summed E-state index contributed by atoms with van der Waals surface area (Å²) in [7, 11) is 0. The van der Waals surface area contributed by atoms with E-state index in [0.29, 0.717) is 6.42 Å². The molecule has 2 aliphatic rings. The zero-order valence-electron chi connectivity index (χ0n) is 12.5. The second-order valence-corrected chi connectivity index (χ2v) is 6.14. The molecule has 3 nitrogen and oxygen atoms in total. The van der Waals surface area contributed by atoms with E-state index >= 15 is 0 Å². The van der Waals surface area contributed by atoms with Gasteiger partial charge in [0.1, 0.15) is 5.84 Å². The molecule has 0 amide bonds. The molecule has 2 heterocycles. The fraction of sp³-hybridized carbons (Fsp3) is 0.316. The Morgan fingerprint density at radius 3 is 2.41 bits per heavy atom. The van der Waals surface area contributed by atoms with E-state index in [0.717, 1.165) is 30.8 Å². The van der Waals surface area contributed by atoms with Crippen LogP contribution in [0.5, 0.6) is 0 Å². The normalized spacial score (nSPS) is 27.4. The van der Waals surface area contributed by atoms with Gasteiger partial charge < -0.3 is 10.0 Å². The zero-order chi connectivity index (χ0) is 15.0. The van der Waals surface area contributed by atoms with E-state index < -0.39 is 5.72 Å². The molecule has 2 aromatic rings. The highest BCUT2D eigenvalue weighted by molar-refractivity contribution is 5.85. The highest BCUT2D eigenvalue weighted by Crippen LogP contribution is 2.43. The molecule has 2 aromatic carbocycles. The Morgan fingerprint density at radius 1 is 1.00 bits per heavy atom. The highest BCUT2D eigenvalue weighted by atomic mass is 16.3. The molecule has 1 saturated heterocycles. The second-order valence-electron chi connectivity index (χ2n) is 6.14. The maximum absolute atomic E-state index is 11.2. The van der Waals surface area contributed by atoms with Gasteiger partial charge >= 0.3 is 0 Å². The molecule has 0 aliphatic carbocycles. The van der Waals surface area contributed by atoms with Crippen LogP contribution in [0.15, 0.2) is 65.7 Å². The minimum Gasteiger partial charge on any atom is -0.365 e. The van der Waals surface area contributed by atoms with E-state index in [-0.39, 0.29) is 6.04 Å². The molecule has 22 heavy (non-hydrogen) atoms. The van der Waals surface area contributed by atoms with Gasteiger partial charge in [-0.1, -0.05) is 60.7 Å². The summed E-state index contributed by atoms with van der Waals surface area (Å²) in [6.45, 7) is 1.03. The van der Waals surface area contributed by atoms with Crippen LogP contribution in [0.2, 0.25) is 0 Å². The Hall–Kier alpha value is -2.13. The summed E-state index contributed by atoms with van der Waals surface area (Å²) in [6.07, 6.45) is 2.68. The summed E-state index contributed by atoms with van der Waals surface area (Å²) < 4.78 is 0. The fourth-order valence-corrected chi connectivity index (χ4v) is 3.64. The highest BCUT2D eigenvalue weighted by Gasteiger charge is 2.42. The number of nitrogens with zero attached hydrogens (tertiary/aromatic N) is 2. The summed E-state index contributed by atoms with van der Waals surface area (Å²) in [5, 5.41) is 11.2. The van der Waals surface area contributed by atoms with Gasteiger partial charge in [-0.05, 0) is 12.0 Å². The van der Waals surface area contributed by atoms with Crippen molar-refractivity contribution in [2.24, 2.45) is 4.99 Å². The van der Waals surface area contributed by atoms with Crippen molar-refractivity contribution < 1.29 is 5.11 Å². The standard InChI is InChI=1S/C19H20N2O/c22-19(16-10-5-2-6-11-16)14-17(15-8-3-1-4-9-15)21-13-7-12-18(21)20-19/h1-6,8-11,17,22H,7,12-14H2. The first-order valence-electron chi connectivity index (χ1n) is 7.94. The SMILES string of the molecule is OC1(c2ccccc2)CC(c2ccccc2)N2CCCC2=N1. The Bertz CT molecular complexity index is 683. The van der Waals surface area contributed by atoms with E-state index in [4.69, 9.17) is 4.99 Å². The number of aliphatic hydroxyl groups is 1. The number of rotatable bonds is 2. The van der Waals surface area contributed by atoms with E-state index in [1.807, 2.05) is 36.4 Å². The first kappa shape index (κ1) is 13.5. The molecule has 2 atom stereocenters. The molecule has 1 N–H and O–H groups in total. The third-order valence-electron chi connectivity index (χ3n) is 4.72. The fourth-order valence-electron chi connectivity index (χ4n) is 3.64. The molecule has 1 fully saturated rings. The molecule has 2 unspecified atom stereocenters. The second kappa shape index (κ2) is 5.25. The number of hydrogen-bond donors (Lipinski definition) is 1. The molecule has 3 heteroatoms. The summed E-state index contributed by atoms with van der Waals surface area (Å²) >= 11 is 0. The van der Waals surface area contributed by atoms with Crippen molar-refractivity contribution in [2.75, 3.05) is 6.54 Å². The van der Waals surface area contributed by atoms with Crippen molar-refractivity contribution in [2.45, 2.75) is 31.0 Å². The average molecular weight is 292 g/mol. The quantitative estimate of drug-likeness (QED) is 0.920. The Balaban J connectivity index is 1.78. The third kappa shape index (κ3) is 2.22. The zero-order valence-corrected chi connectivity index (χ0v) is 12.5. The predicted molar refractivity (Wildman–Crippen MR) is 87.5 cm³/mol. The predicted octanol–water partition coefficient (Wildman–Crippen LogP) is 3.47. The molecule has 0 radical (unpaired) electrons. The third-order valence-corrected chi connectivity index (χ3v) is 4.72. The van der Waals surface area contributed by atoms with Crippen LogP contribution in [-0.4, -0.2) is 22.4 Å². The number of benzene rings is 2. The molecule has 4 rings (SSSR count). The summed E-state index contributed by atoms with van der Waals surface area (Å²) in [5.41, 5.74) is 1.03. The van der Waals surface area contributed by atoms with Crippen molar-refractivity contribution in [3.8, 4) is 0 Å². The molecule has 0 aromatic heterocycles. The average Bonchev–Trinajstić information content (AvgIpc) is 3.04. The van der Waals surface area contributed by atoms with Crippen LogP contribution in [-0.2, 0) is 5.72 Å². The first-order chi connectivity index (χ1) is 10.8. The lowest BCUT2D eigenvalue weighted by atomic mass is 9.89. The van der Waals surface area contributed by atoms with Crippen LogP contribution in [0.1, 0.15) is 36.4 Å². The van der Waals surface area contributed by atoms with Gasteiger partial charge in [-0.25, -0.2) is 4.99 Å². The van der Waals surface area contributed by atoms with Crippen molar-refractivity contribution in [3.05, 3.63) is 71.8 Å². The molecular weight excluding hydrogens is 272 g/mol. The maximum atomic E-state index is 11.2. The van der Waals surface area contributed by atoms with Gasteiger partial charge in [0.05, 0.1) is 6.04 Å². The van der Waals surface area contributed by atoms with Gasteiger partial charge in [-0.15, -0.1) is 0 Å². The van der Waals surface area contributed by atoms with Crippen molar-refractivity contribution in [1.82, 2.24) is 4.90 Å².